The summed E-state index contributed by atoms with van der Waals surface area (Å²) in [6.45, 7) is 5.55. The van der Waals surface area contributed by atoms with E-state index in [0.29, 0.717) is 5.75 Å². The van der Waals surface area contributed by atoms with E-state index in [9.17, 15) is 5.11 Å². The predicted octanol–water partition coefficient (Wildman–Crippen LogP) is 2.62. The number of aliphatic hydroxyl groups is 1. The Balaban J connectivity index is 2.88. The molecule has 3 N–H and O–H groups in total. The normalized spacial score (nSPS) is 13.6. The molecule has 1 rings (SSSR count). The van der Waals surface area contributed by atoms with Gasteiger partial charge in [0.25, 0.3) is 0 Å². The fraction of sp³-hybridized carbons (Fsp3) is 0.500. The quantitative estimate of drug-likeness (QED) is 0.895. The van der Waals surface area contributed by atoms with Crippen molar-refractivity contribution in [3.05, 3.63) is 28.2 Å². The monoisotopic (exact) mass is 287 g/mol. The molecule has 0 saturated carbocycles. The molecule has 0 heterocycles. The van der Waals surface area contributed by atoms with Crippen molar-refractivity contribution in [1.29, 1.82) is 0 Å². The predicted molar refractivity (Wildman–Crippen MR) is 68.5 cm³/mol. The zero-order chi connectivity index (χ0) is 12.3. The van der Waals surface area contributed by atoms with Gasteiger partial charge in [-0.25, -0.2) is 0 Å². The van der Waals surface area contributed by atoms with Gasteiger partial charge in [0, 0.05) is 16.1 Å². The summed E-state index contributed by atoms with van der Waals surface area (Å²) in [6, 6.07) is 5.62. The molecule has 3 nitrogen and oxygen atoms in total. The van der Waals surface area contributed by atoms with E-state index in [0.717, 1.165) is 10.0 Å². The van der Waals surface area contributed by atoms with Gasteiger partial charge in [-0.15, -0.1) is 0 Å². The third-order valence-electron chi connectivity index (χ3n) is 2.05. The number of hydrogen-bond donors (Lipinski definition) is 2. The molecule has 0 aliphatic rings. The molecule has 90 valence electrons. The molecule has 0 aliphatic carbocycles. The summed E-state index contributed by atoms with van der Waals surface area (Å²) in [6.07, 6.45) is 0. The summed E-state index contributed by atoms with van der Waals surface area (Å²) in [5.74, 6) is 0.714. The van der Waals surface area contributed by atoms with Crippen molar-refractivity contribution >= 4 is 15.9 Å². The summed E-state index contributed by atoms with van der Waals surface area (Å²) in [7, 11) is 0. The number of nitrogens with two attached hydrogens (primary N) is 1. The number of rotatable bonds is 4. The minimum absolute atomic E-state index is 0.0927. The van der Waals surface area contributed by atoms with Crippen molar-refractivity contribution in [3.63, 3.8) is 0 Å². The molecule has 0 saturated heterocycles. The van der Waals surface area contributed by atoms with Gasteiger partial charge in [-0.2, -0.15) is 0 Å². The van der Waals surface area contributed by atoms with E-state index >= 15 is 0 Å². The average molecular weight is 288 g/mol. The lowest BCUT2D eigenvalue weighted by Gasteiger charge is -2.20. The third kappa shape index (κ3) is 4.12. The van der Waals surface area contributed by atoms with E-state index in [1.807, 2.05) is 25.1 Å². The Hall–Kier alpha value is -0.580. The van der Waals surface area contributed by atoms with Crippen molar-refractivity contribution in [3.8, 4) is 5.75 Å². The van der Waals surface area contributed by atoms with Crippen LogP contribution < -0.4 is 10.5 Å². The lowest BCUT2D eigenvalue weighted by Crippen LogP contribution is -2.28. The lowest BCUT2D eigenvalue weighted by atomic mass is 10.1. The number of benzene rings is 1. The summed E-state index contributed by atoms with van der Waals surface area (Å²) in [5.41, 5.74) is 5.93. The van der Waals surface area contributed by atoms with Crippen molar-refractivity contribution in [2.45, 2.75) is 32.4 Å². The number of halogens is 1. The molecule has 0 amide bonds. The van der Waals surface area contributed by atoms with Gasteiger partial charge in [-0.1, -0.05) is 22.0 Å². The molecule has 0 aliphatic heterocycles. The molecule has 0 radical (unpaired) electrons. The fourth-order valence-corrected chi connectivity index (χ4v) is 1.60. The SMILES string of the molecule is C[C@H](N)c1ccc(Br)cc1OCC(C)(C)O. The Morgan fingerprint density at radius 3 is 2.62 bits per heavy atom. The Morgan fingerprint density at radius 2 is 2.12 bits per heavy atom. The molecule has 4 heteroatoms. The van der Waals surface area contributed by atoms with Gasteiger partial charge in [0.05, 0.1) is 5.60 Å². The minimum Gasteiger partial charge on any atom is -0.490 e. The molecule has 0 aromatic heterocycles. The zero-order valence-corrected chi connectivity index (χ0v) is 11.4. The van der Waals surface area contributed by atoms with Crippen LogP contribution in [0.15, 0.2) is 22.7 Å². The van der Waals surface area contributed by atoms with Crippen LogP contribution in [-0.4, -0.2) is 17.3 Å². The van der Waals surface area contributed by atoms with Crippen LogP contribution in [0.4, 0.5) is 0 Å². The highest BCUT2D eigenvalue weighted by Gasteiger charge is 2.16. The van der Waals surface area contributed by atoms with Crippen molar-refractivity contribution < 1.29 is 9.84 Å². The third-order valence-corrected chi connectivity index (χ3v) is 2.54. The van der Waals surface area contributed by atoms with Gasteiger partial charge in [0.15, 0.2) is 0 Å². The van der Waals surface area contributed by atoms with Crippen LogP contribution >= 0.6 is 15.9 Å². The van der Waals surface area contributed by atoms with E-state index in [4.69, 9.17) is 10.5 Å². The maximum Gasteiger partial charge on any atom is 0.125 e. The highest BCUT2D eigenvalue weighted by atomic mass is 79.9. The van der Waals surface area contributed by atoms with E-state index in [1.54, 1.807) is 13.8 Å². The van der Waals surface area contributed by atoms with E-state index in [2.05, 4.69) is 15.9 Å². The van der Waals surface area contributed by atoms with E-state index < -0.39 is 5.60 Å². The summed E-state index contributed by atoms with van der Waals surface area (Å²) < 4.78 is 6.52. The molecule has 1 atom stereocenters. The maximum atomic E-state index is 9.61. The minimum atomic E-state index is -0.850. The lowest BCUT2D eigenvalue weighted by molar-refractivity contribution is 0.0280. The first-order valence-corrected chi connectivity index (χ1v) is 5.99. The smallest absolute Gasteiger partial charge is 0.125 e. The first-order valence-electron chi connectivity index (χ1n) is 5.20. The Labute approximate surface area is 105 Å². The van der Waals surface area contributed by atoms with Gasteiger partial charge in [-0.3, -0.25) is 0 Å². The second kappa shape index (κ2) is 5.17. The molecule has 16 heavy (non-hydrogen) atoms. The van der Waals surface area contributed by atoms with Gasteiger partial charge in [0.1, 0.15) is 12.4 Å². The van der Waals surface area contributed by atoms with E-state index in [1.165, 1.54) is 0 Å². The maximum absolute atomic E-state index is 9.61. The van der Waals surface area contributed by atoms with Gasteiger partial charge >= 0.3 is 0 Å². The van der Waals surface area contributed by atoms with E-state index in [-0.39, 0.29) is 12.6 Å². The average Bonchev–Trinajstić information content (AvgIpc) is 2.13. The molecular weight excluding hydrogens is 270 g/mol. The van der Waals surface area contributed by atoms with Gasteiger partial charge in [-0.05, 0) is 32.9 Å². The standard InChI is InChI=1S/C12H18BrNO2/c1-8(14)10-5-4-9(13)6-11(10)16-7-12(2,3)15/h4-6,8,15H,7,14H2,1-3H3/t8-/m0/s1. The van der Waals surface area contributed by atoms with Gasteiger partial charge in [0.2, 0.25) is 0 Å². The van der Waals surface area contributed by atoms with Gasteiger partial charge < -0.3 is 15.6 Å². The summed E-state index contributed by atoms with van der Waals surface area (Å²) >= 11 is 3.38. The second-order valence-electron chi connectivity index (χ2n) is 4.57. The first kappa shape index (κ1) is 13.5. The number of ether oxygens (including phenoxy) is 1. The summed E-state index contributed by atoms with van der Waals surface area (Å²) in [4.78, 5) is 0. The van der Waals surface area contributed by atoms with Crippen LogP contribution in [0.1, 0.15) is 32.4 Å². The fourth-order valence-electron chi connectivity index (χ4n) is 1.26. The highest BCUT2D eigenvalue weighted by molar-refractivity contribution is 9.10. The van der Waals surface area contributed by atoms with Crippen molar-refractivity contribution in [2.75, 3.05) is 6.61 Å². The molecule has 0 spiro atoms. The van der Waals surface area contributed by atoms with Crippen molar-refractivity contribution in [2.24, 2.45) is 5.73 Å². The van der Waals surface area contributed by atoms with Crippen LogP contribution in [0.25, 0.3) is 0 Å². The summed E-state index contributed by atoms with van der Waals surface area (Å²) in [5, 5.41) is 9.61. The zero-order valence-electron chi connectivity index (χ0n) is 9.83. The number of hydrogen-bond acceptors (Lipinski definition) is 3. The topological polar surface area (TPSA) is 55.5 Å². The molecule has 1 aromatic rings. The second-order valence-corrected chi connectivity index (χ2v) is 5.49. The van der Waals surface area contributed by atoms with Crippen LogP contribution in [0, 0.1) is 0 Å². The Morgan fingerprint density at radius 1 is 1.50 bits per heavy atom. The van der Waals surface area contributed by atoms with Crippen LogP contribution in [0.3, 0.4) is 0 Å². The van der Waals surface area contributed by atoms with Crippen LogP contribution in [0.2, 0.25) is 0 Å². The van der Waals surface area contributed by atoms with Crippen LogP contribution in [0.5, 0.6) is 5.75 Å². The Kier molecular flexibility index (Phi) is 4.35. The largest absolute Gasteiger partial charge is 0.490 e. The molecule has 0 fully saturated rings. The first-order chi connectivity index (χ1) is 7.29. The molecule has 0 bridgehead atoms. The molecule has 1 aromatic carbocycles. The molecular formula is C12H18BrNO2. The highest BCUT2D eigenvalue weighted by Crippen LogP contribution is 2.28. The molecule has 0 unspecified atom stereocenters. The van der Waals surface area contributed by atoms with Crippen molar-refractivity contribution in [1.82, 2.24) is 0 Å². The van der Waals surface area contributed by atoms with Crippen LogP contribution in [-0.2, 0) is 0 Å². The Bertz CT molecular complexity index is 359.